The quantitative estimate of drug-likeness (QED) is 0.0890. The third-order valence-corrected chi connectivity index (χ3v) is 14.0. The molecule has 0 radical (unpaired) electrons. The van der Waals surface area contributed by atoms with Crippen molar-refractivity contribution in [3.63, 3.8) is 0 Å². The van der Waals surface area contributed by atoms with Crippen LogP contribution in [0.15, 0.2) is 211 Å². The van der Waals surface area contributed by atoms with Gasteiger partial charge in [0.2, 0.25) is 0 Å². The summed E-state index contributed by atoms with van der Waals surface area (Å²) in [4.78, 5) is 5.46. The monoisotopic (exact) mass is 696 g/mol. The molecular weight excluding hydrogens is 654 g/mol. The molecule has 7 aromatic carbocycles. The summed E-state index contributed by atoms with van der Waals surface area (Å²) in [6.45, 7) is 0.716. The van der Waals surface area contributed by atoms with Crippen molar-refractivity contribution in [2.24, 2.45) is 4.99 Å². The molecule has 0 aliphatic carbocycles. The maximum atomic E-state index is 5.46. The Bertz CT molecular complexity index is 2000. The fraction of sp³-hybridized carbons (Fsp3) is 0.0851. The first kappa shape index (κ1) is 34.5. The minimum atomic E-state index is -0.740. The molecule has 2 nitrogen and oxygen atoms in total. The first-order valence-corrected chi connectivity index (χ1v) is 20.4. The number of hydrogen-bond acceptors (Lipinski definition) is 2. The summed E-state index contributed by atoms with van der Waals surface area (Å²) in [6, 6.07) is 74.1. The predicted molar refractivity (Wildman–Crippen MR) is 223 cm³/mol. The van der Waals surface area contributed by atoms with Gasteiger partial charge in [0.25, 0.3) is 0 Å². The van der Waals surface area contributed by atoms with Gasteiger partial charge in [0.05, 0.1) is 12.1 Å². The average Bonchev–Trinajstić information content (AvgIpc) is 3.21. The van der Waals surface area contributed by atoms with Gasteiger partial charge in [-0.3, -0.25) is 4.99 Å². The number of aliphatic imine (C=N–C) groups is 1. The molecule has 0 amide bonds. The Morgan fingerprint density at radius 3 is 1.37 bits per heavy atom. The molecule has 0 bridgehead atoms. The van der Waals surface area contributed by atoms with Gasteiger partial charge in [-0.2, -0.15) is 0 Å². The maximum Gasteiger partial charge on any atom is 0.0939 e. The summed E-state index contributed by atoms with van der Waals surface area (Å²) >= 11 is 0. The number of nitrogens with zero attached hydrogens (tertiary/aromatic N) is 1. The smallest absolute Gasteiger partial charge is 0.0939 e. The van der Waals surface area contributed by atoms with E-state index < -0.39 is 15.8 Å². The Labute approximate surface area is 305 Å². The van der Waals surface area contributed by atoms with E-state index in [1.54, 1.807) is 0 Å². The Morgan fingerprint density at radius 2 is 0.863 bits per heavy atom. The lowest BCUT2D eigenvalue weighted by Gasteiger charge is -2.28. The second-order valence-electron chi connectivity index (χ2n) is 12.4. The second kappa shape index (κ2) is 17.8. The minimum Gasteiger partial charge on any atom is -0.304 e. The Kier molecular flexibility index (Phi) is 12.0. The molecule has 0 spiro atoms. The van der Waals surface area contributed by atoms with Crippen molar-refractivity contribution < 1.29 is 0 Å². The van der Waals surface area contributed by atoms with Crippen molar-refractivity contribution >= 4 is 48.6 Å². The van der Waals surface area contributed by atoms with Gasteiger partial charge >= 0.3 is 0 Å². The third kappa shape index (κ3) is 8.86. The molecule has 0 aliphatic heterocycles. The Balaban J connectivity index is 1.24. The summed E-state index contributed by atoms with van der Waals surface area (Å²) in [5.41, 5.74) is 3.73. The summed E-state index contributed by atoms with van der Waals surface area (Å²) in [6.07, 6.45) is 3.06. The van der Waals surface area contributed by atoms with Crippen LogP contribution in [0, 0.1) is 0 Å². The molecule has 0 unspecified atom stereocenters. The van der Waals surface area contributed by atoms with E-state index in [0.717, 1.165) is 6.16 Å². The van der Waals surface area contributed by atoms with Crippen LogP contribution in [0.5, 0.6) is 0 Å². The van der Waals surface area contributed by atoms with E-state index in [1.807, 2.05) is 0 Å². The maximum absolute atomic E-state index is 5.46. The summed E-state index contributed by atoms with van der Waals surface area (Å²) < 4.78 is 0. The van der Waals surface area contributed by atoms with Gasteiger partial charge in [-0.15, -0.1) is 0 Å². The molecule has 1 N–H and O–H groups in total. The van der Waals surface area contributed by atoms with Crippen LogP contribution in [0.1, 0.15) is 28.8 Å². The van der Waals surface area contributed by atoms with Crippen molar-refractivity contribution in [2.45, 2.75) is 18.6 Å². The third-order valence-electron chi connectivity index (χ3n) is 9.06. The van der Waals surface area contributed by atoms with Gasteiger partial charge in [0, 0.05) is 18.9 Å². The zero-order valence-corrected chi connectivity index (χ0v) is 30.4. The zero-order chi connectivity index (χ0) is 34.5. The highest BCUT2D eigenvalue weighted by Gasteiger charge is 2.26. The van der Waals surface area contributed by atoms with Gasteiger partial charge in [0.1, 0.15) is 0 Å². The van der Waals surface area contributed by atoms with Crippen molar-refractivity contribution in [1.82, 2.24) is 5.32 Å². The average molecular weight is 697 g/mol. The van der Waals surface area contributed by atoms with E-state index in [0.29, 0.717) is 6.54 Å². The largest absolute Gasteiger partial charge is 0.304 e. The topological polar surface area (TPSA) is 24.4 Å². The lowest BCUT2D eigenvalue weighted by molar-refractivity contribution is 0.455. The first-order valence-electron chi connectivity index (χ1n) is 17.6. The van der Waals surface area contributed by atoms with Crippen LogP contribution in [0.4, 0.5) is 0 Å². The molecule has 51 heavy (non-hydrogen) atoms. The first-order chi connectivity index (χ1) is 25.3. The molecule has 0 saturated carbocycles. The van der Waals surface area contributed by atoms with Gasteiger partial charge in [-0.25, -0.2) is 0 Å². The highest BCUT2D eigenvalue weighted by molar-refractivity contribution is 7.80. The Morgan fingerprint density at radius 1 is 0.451 bits per heavy atom. The fourth-order valence-electron chi connectivity index (χ4n) is 6.58. The van der Waals surface area contributed by atoms with Crippen LogP contribution in [-0.2, 0) is 6.54 Å². The van der Waals surface area contributed by atoms with Gasteiger partial charge < -0.3 is 5.32 Å². The number of rotatable bonds is 14. The van der Waals surface area contributed by atoms with Crippen molar-refractivity contribution in [2.75, 3.05) is 6.16 Å². The summed E-state index contributed by atoms with van der Waals surface area (Å²) in [5.74, 6) is 0. The minimum absolute atomic E-state index is 0.0442. The molecule has 0 heterocycles. The molecule has 0 aromatic heterocycles. The summed E-state index contributed by atoms with van der Waals surface area (Å²) in [7, 11) is -1.33. The van der Waals surface area contributed by atoms with E-state index in [1.165, 1.54) is 43.2 Å². The van der Waals surface area contributed by atoms with E-state index in [2.05, 4.69) is 218 Å². The van der Waals surface area contributed by atoms with E-state index in [-0.39, 0.29) is 12.1 Å². The van der Waals surface area contributed by atoms with Crippen molar-refractivity contribution in [1.29, 1.82) is 0 Å². The van der Waals surface area contributed by atoms with E-state index >= 15 is 0 Å². The van der Waals surface area contributed by atoms with Crippen LogP contribution in [0.25, 0.3) is 0 Å². The van der Waals surface area contributed by atoms with Crippen molar-refractivity contribution in [3.05, 3.63) is 223 Å². The van der Waals surface area contributed by atoms with Crippen LogP contribution in [0.3, 0.4) is 0 Å². The molecule has 2 atom stereocenters. The molecular formula is C47H42N2P2. The standard InChI is InChI=1S/C47H42N2P2/c1-7-21-38(22-8-1)46(48-35-36-50(41-26-11-3-12-27-41)42-28-13-4-14-29-42)47(39-23-9-2-10-24-39)49-37-40-25-19-20-34-45(40)51(43-30-15-5-16-31-43)44-32-17-6-18-33-44/h1-35,46-47,49H,36-37H2/t46-,47-/m0/s1. The van der Waals surface area contributed by atoms with Crippen molar-refractivity contribution in [3.8, 4) is 0 Å². The number of benzene rings is 7. The predicted octanol–water partition coefficient (Wildman–Crippen LogP) is 9.22. The van der Waals surface area contributed by atoms with Gasteiger partial charge in [-0.1, -0.05) is 206 Å². The van der Waals surface area contributed by atoms with E-state index in [4.69, 9.17) is 4.99 Å². The van der Waals surface area contributed by atoms with Crippen LogP contribution in [0.2, 0.25) is 0 Å². The molecule has 0 fully saturated rings. The Hall–Kier alpha value is -4.97. The molecule has 7 rings (SSSR count). The number of nitrogens with one attached hydrogen (secondary N) is 1. The lowest BCUT2D eigenvalue weighted by atomic mass is 9.93. The molecule has 4 heteroatoms. The molecule has 7 aromatic rings. The molecule has 0 saturated heterocycles. The van der Waals surface area contributed by atoms with Crippen LogP contribution >= 0.6 is 15.8 Å². The fourth-order valence-corrected chi connectivity index (χ4v) is 11.1. The molecule has 0 aliphatic rings. The highest BCUT2D eigenvalue weighted by Crippen LogP contribution is 2.37. The van der Waals surface area contributed by atoms with Gasteiger partial charge in [-0.05, 0) is 59.1 Å². The second-order valence-corrected chi connectivity index (χ2v) is 16.8. The highest BCUT2D eigenvalue weighted by atomic mass is 31.1. The van der Waals surface area contributed by atoms with Gasteiger partial charge in [0.15, 0.2) is 0 Å². The summed E-state index contributed by atoms with van der Waals surface area (Å²) in [5, 5.41) is 10.9. The zero-order valence-electron chi connectivity index (χ0n) is 28.6. The lowest BCUT2D eigenvalue weighted by Crippen LogP contribution is -2.30. The van der Waals surface area contributed by atoms with Crippen LogP contribution in [-0.4, -0.2) is 12.4 Å². The van der Waals surface area contributed by atoms with Crippen LogP contribution < -0.4 is 31.8 Å². The van der Waals surface area contributed by atoms with E-state index in [9.17, 15) is 0 Å². The molecule has 250 valence electrons. The number of hydrogen-bond donors (Lipinski definition) is 1. The normalized spacial score (nSPS) is 12.7. The SMILES string of the molecule is C(CP(c1ccccc1)c1ccccc1)=N[C@@H](c1ccccc1)[C@@H](NCc1ccccc1P(c1ccccc1)c1ccccc1)c1ccccc1.